The lowest BCUT2D eigenvalue weighted by Gasteiger charge is -2.27. The molecule has 0 aliphatic carbocycles. The molecule has 0 bridgehead atoms. The number of carbonyl (C=O) groups excluding carboxylic acids is 3. The molecule has 4 aromatic rings. The zero-order valence-corrected chi connectivity index (χ0v) is 20.1. The molecule has 9 heteroatoms. The molecule has 184 valence electrons. The van der Waals surface area contributed by atoms with Gasteiger partial charge in [-0.1, -0.05) is 12.1 Å². The second kappa shape index (κ2) is 9.11. The summed E-state index contributed by atoms with van der Waals surface area (Å²) < 4.78 is 5.37. The summed E-state index contributed by atoms with van der Waals surface area (Å²) in [4.78, 5) is 46.8. The van der Waals surface area contributed by atoms with E-state index < -0.39 is 0 Å². The third-order valence-electron chi connectivity index (χ3n) is 6.65. The van der Waals surface area contributed by atoms with Crippen LogP contribution in [0.4, 0.5) is 5.69 Å². The van der Waals surface area contributed by atoms with Crippen LogP contribution in [0, 0.1) is 0 Å². The van der Waals surface area contributed by atoms with Gasteiger partial charge >= 0.3 is 0 Å². The Balaban J connectivity index is 1.47. The molecule has 9 nitrogen and oxygen atoms in total. The highest BCUT2D eigenvalue weighted by molar-refractivity contribution is 6.26. The van der Waals surface area contributed by atoms with Crippen LogP contribution in [-0.2, 0) is 9.53 Å². The number of aromatic amines is 1. The predicted molar refractivity (Wildman–Crippen MR) is 138 cm³/mol. The number of nitrogens with one attached hydrogen (secondary N) is 1. The molecular formula is C28H23N5O4. The average Bonchev–Trinajstić information content (AvgIpc) is 3.55. The Hall–Kier alpha value is -4.63. The van der Waals surface area contributed by atoms with Crippen LogP contribution in [0.2, 0.25) is 0 Å². The van der Waals surface area contributed by atoms with Crippen molar-refractivity contribution in [1.29, 1.82) is 0 Å². The van der Waals surface area contributed by atoms with Gasteiger partial charge in [0.05, 0.1) is 42.0 Å². The SMILES string of the molecule is CC(=O)N1/C(=C\c2cc(-c3cn[nH]c3)c3cc(C(=O)N4CCOCC4)ccc3n2)C(=O)c2ccccc21. The second-order valence-electron chi connectivity index (χ2n) is 8.95. The highest BCUT2D eigenvalue weighted by atomic mass is 16.5. The summed E-state index contributed by atoms with van der Waals surface area (Å²) in [5.74, 6) is -0.545. The molecule has 2 aliphatic rings. The fourth-order valence-electron chi connectivity index (χ4n) is 4.88. The van der Waals surface area contributed by atoms with Gasteiger partial charge in [0.1, 0.15) is 0 Å². The number of allylic oxidation sites excluding steroid dienone is 1. The molecule has 37 heavy (non-hydrogen) atoms. The minimum absolute atomic E-state index is 0.0547. The lowest BCUT2D eigenvalue weighted by molar-refractivity contribution is -0.116. The maximum atomic E-state index is 13.2. The van der Waals surface area contributed by atoms with E-state index >= 15 is 0 Å². The Morgan fingerprint density at radius 2 is 1.86 bits per heavy atom. The summed E-state index contributed by atoms with van der Waals surface area (Å²) >= 11 is 0. The third-order valence-corrected chi connectivity index (χ3v) is 6.65. The highest BCUT2D eigenvalue weighted by Crippen LogP contribution is 2.36. The molecule has 1 fully saturated rings. The second-order valence-corrected chi connectivity index (χ2v) is 8.95. The first kappa shape index (κ1) is 22.8. The van der Waals surface area contributed by atoms with Crippen LogP contribution in [-0.4, -0.2) is 64.0 Å². The fourth-order valence-corrected chi connectivity index (χ4v) is 4.88. The molecule has 1 saturated heterocycles. The van der Waals surface area contributed by atoms with Crippen LogP contribution in [0.3, 0.4) is 0 Å². The van der Waals surface area contributed by atoms with Gasteiger partial charge < -0.3 is 9.64 Å². The number of anilines is 1. The number of para-hydroxylation sites is 1. The molecule has 4 heterocycles. The Bertz CT molecular complexity index is 1590. The standard InChI is InChI=1S/C28H23N5O4/c1-17(34)33-25-5-3-2-4-21(25)27(35)26(33)14-20-13-22(19-15-29-30-16-19)23-12-18(6-7-24(23)31-20)28(36)32-8-10-37-11-9-32/h2-7,12-16H,8-11H2,1H3,(H,29,30)/b26-14-. The van der Waals surface area contributed by atoms with E-state index in [1.807, 2.05) is 18.2 Å². The molecule has 0 spiro atoms. The molecular weight excluding hydrogens is 470 g/mol. The van der Waals surface area contributed by atoms with Gasteiger partial charge in [-0.25, -0.2) is 4.98 Å². The molecule has 2 aliphatic heterocycles. The number of nitrogens with zero attached hydrogens (tertiary/aromatic N) is 4. The molecule has 6 rings (SSSR count). The van der Waals surface area contributed by atoms with Crippen LogP contribution < -0.4 is 4.90 Å². The number of hydrogen-bond donors (Lipinski definition) is 1. The molecule has 2 amide bonds. The number of pyridine rings is 1. The van der Waals surface area contributed by atoms with Crippen LogP contribution in [0.5, 0.6) is 0 Å². The van der Waals surface area contributed by atoms with Gasteiger partial charge in [-0.2, -0.15) is 5.10 Å². The number of aromatic nitrogens is 3. The van der Waals surface area contributed by atoms with E-state index in [1.54, 1.807) is 53.7 Å². The normalized spacial score (nSPS) is 16.5. The number of ketones is 1. The number of carbonyl (C=O) groups is 3. The van der Waals surface area contributed by atoms with E-state index in [0.717, 1.165) is 16.5 Å². The Morgan fingerprint density at radius 3 is 2.62 bits per heavy atom. The first-order chi connectivity index (χ1) is 18.0. The van der Waals surface area contributed by atoms with E-state index in [0.29, 0.717) is 54.3 Å². The lowest BCUT2D eigenvalue weighted by atomic mass is 10.00. The number of hydrogen-bond acceptors (Lipinski definition) is 6. The third kappa shape index (κ3) is 3.99. The zero-order valence-electron chi connectivity index (χ0n) is 20.1. The van der Waals surface area contributed by atoms with Gasteiger partial charge in [0, 0.05) is 48.3 Å². The number of H-pyrrole nitrogens is 1. The number of rotatable bonds is 3. The Labute approximate surface area is 212 Å². The maximum absolute atomic E-state index is 13.2. The number of ether oxygens (including phenoxy) is 1. The Kier molecular flexibility index (Phi) is 5.61. The summed E-state index contributed by atoms with van der Waals surface area (Å²) in [6.07, 6.45) is 5.10. The van der Waals surface area contributed by atoms with E-state index in [1.165, 1.54) is 11.8 Å². The maximum Gasteiger partial charge on any atom is 0.254 e. The molecule has 0 radical (unpaired) electrons. The van der Waals surface area contributed by atoms with Crippen LogP contribution in [0.15, 0.2) is 66.6 Å². The van der Waals surface area contributed by atoms with Crippen molar-refractivity contribution in [1.82, 2.24) is 20.1 Å². The first-order valence-electron chi connectivity index (χ1n) is 12.0. The molecule has 2 aromatic heterocycles. The average molecular weight is 494 g/mol. The van der Waals surface area contributed by atoms with Crippen LogP contribution in [0.1, 0.15) is 33.3 Å². The van der Waals surface area contributed by atoms with Crippen molar-refractivity contribution < 1.29 is 19.1 Å². The largest absolute Gasteiger partial charge is 0.378 e. The fraction of sp³-hybridized carbons (Fsp3) is 0.179. The van der Waals surface area contributed by atoms with E-state index in [-0.39, 0.29) is 23.3 Å². The molecule has 0 saturated carbocycles. The minimum atomic E-state index is -0.258. The van der Waals surface area contributed by atoms with Crippen molar-refractivity contribution in [2.45, 2.75) is 6.92 Å². The zero-order chi connectivity index (χ0) is 25.5. The summed E-state index contributed by atoms with van der Waals surface area (Å²) in [6, 6.07) is 14.3. The van der Waals surface area contributed by atoms with Gasteiger partial charge in [0.15, 0.2) is 0 Å². The molecule has 2 aromatic carbocycles. The van der Waals surface area contributed by atoms with Gasteiger partial charge in [0.25, 0.3) is 5.91 Å². The van der Waals surface area contributed by atoms with E-state index in [4.69, 9.17) is 9.72 Å². The van der Waals surface area contributed by atoms with Crippen molar-refractivity contribution in [2.24, 2.45) is 0 Å². The van der Waals surface area contributed by atoms with Crippen molar-refractivity contribution in [2.75, 3.05) is 31.2 Å². The van der Waals surface area contributed by atoms with Gasteiger partial charge in [-0.05, 0) is 48.0 Å². The smallest absolute Gasteiger partial charge is 0.254 e. The first-order valence-corrected chi connectivity index (χ1v) is 12.0. The van der Waals surface area contributed by atoms with Crippen molar-refractivity contribution in [3.63, 3.8) is 0 Å². The number of morpholine rings is 1. The van der Waals surface area contributed by atoms with Crippen molar-refractivity contribution in [3.05, 3.63) is 83.4 Å². The topological polar surface area (TPSA) is 108 Å². The van der Waals surface area contributed by atoms with Crippen molar-refractivity contribution in [3.8, 4) is 11.1 Å². The van der Waals surface area contributed by atoms with Gasteiger partial charge in [-0.3, -0.25) is 24.4 Å². The summed E-state index contributed by atoms with van der Waals surface area (Å²) in [5.41, 5.74) is 4.64. The lowest BCUT2D eigenvalue weighted by Crippen LogP contribution is -2.40. The number of fused-ring (bicyclic) bond motifs is 2. The molecule has 0 atom stereocenters. The molecule has 1 N–H and O–H groups in total. The predicted octanol–water partition coefficient (Wildman–Crippen LogP) is 3.69. The van der Waals surface area contributed by atoms with Gasteiger partial charge in [-0.15, -0.1) is 0 Å². The number of Topliss-reactive ketones (excluding diaryl/α,β-unsaturated/α-hetero) is 1. The number of amides is 2. The van der Waals surface area contributed by atoms with Crippen molar-refractivity contribution >= 4 is 40.3 Å². The van der Waals surface area contributed by atoms with Crippen LogP contribution >= 0.6 is 0 Å². The van der Waals surface area contributed by atoms with Gasteiger partial charge in [0.2, 0.25) is 11.7 Å². The van der Waals surface area contributed by atoms with Crippen LogP contribution in [0.25, 0.3) is 28.1 Å². The quantitative estimate of drug-likeness (QED) is 0.436. The highest BCUT2D eigenvalue weighted by Gasteiger charge is 2.34. The van der Waals surface area contributed by atoms with E-state index in [9.17, 15) is 14.4 Å². The number of benzene rings is 2. The monoisotopic (exact) mass is 493 g/mol. The molecule has 0 unspecified atom stereocenters. The summed E-state index contributed by atoms with van der Waals surface area (Å²) in [5, 5.41) is 7.70. The summed E-state index contributed by atoms with van der Waals surface area (Å²) in [7, 11) is 0. The van der Waals surface area contributed by atoms with E-state index in [2.05, 4.69) is 10.2 Å². The minimum Gasteiger partial charge on any atom is -0.378 e. The summed E-state index contributed by atoms with van der Waals surface area (Å²) in [6.45, 7) is 3.59. The Morgan fingerprint density at radius 1 is 1.05 bits per heavy atom.